The van der Waals surface area contributed by atoms with Crippen molar-refractivity contribution >= 4 is 16.8 Å². The summed E-state index contributed by atoms with van der Waals surface area (Å²) in [4.78, 5) is 11.3. The summed E-state index contributed by atoms with van der Waals surface area (Å²) in [7, 11) is 0. The zero-order valence-corrected chi connectivity index (χ0v) is 17.6. The molecular weight excluding hydrogens is 459 g/mol. The molecule has 3 N–H and O–H groups in total. The predicted molar refractivity (Wildman–Crippen MR) is 116 cm³/mol. The summed E-state index contributed by atoms with van der Waals surface area (Å²) in [5.41, 5.74) is 6.51. The van der Waals surface area contributed by atoms with Crippen LogP contribution in [0.1, 0.15) is 5.56 Å². The van der Waals surface area contributed by atoms with E-state index < -0.39 is 42.8 Å². The Morgan fingerprint density at radius 3 is 2.56 bits per heavy atom. The van der Waals surface area contributed by atoms with Gasteiger partial charge in [-0.2, -0.15) is 18.3 Å². The number of hydrogen-bond donors (Lipinski definition) is 2. The number of fused-ring (bicyclic) bond motifs is 1. The Morgan fingerprint density at radius 1 is 1.12 bits per heavy atom. The Hall–Kier alpha value is -3.89. The predicted octanol–water partition coefficient (Wildman–Crippen LogP) is 4.89. The third-order valence-corrected chi connectivity index (χ3v) is 5.23. The first-order valence-corrected chi connectivity index (χ1v) is 10.1. The molecule has 178 valence electrons. The lowest BCUT2D eigenvalue weighted by Crippen LogP contribution is -2.23. The van der Waals surface area contributed by atoms with Gasteiger partial charge >= 0.3 is 6.18 Å². The molecule has 2 aromatic heterocycles. The molecule has 34 heavy (non-hydrogen) atoms. The maximum atomic E-state index is 13.6. The van der Waals surface area contributed by atoms with Crippen LogP contribution in [0.2, 0.25) is 0 Å². The van der Waals surface area contributed by atoms with Gasteiger partial charge in [-0.15, -0.1) is 0 Å². The summed E-state index contributed by atoms with van der Waals surface area (Å²) in [6.07, 6.45) is -4.71. The number of aromatic nitrogens is 3. The van der Waals surface area contributed by atoms with E-state index in [2.05, 4.69) is 10.2 Å². The van der Waals surface area contributed by atoms with Gasteiger partial charge in [-0.25, -0.2) is 8.78 Å². The van der Waals surface area contributed by atoms with Gasteiger partial charge in [0, 0.05) is 28.2 Å². The van der Waals surface area contributed by atoms with E-state index in [1.807, 2.05) is 6.07 Å². The Morgan fingerprint density at radius 2 is 1.88 bits per heavy atom. The van der Waals surface area contributed by atoms with Crippen molar-refractivity contribution in [2.75, 3.05) is 13.3 Å². The van der Waals surface area contributed by atoms with Crippen molar-refractivity contribution in [1.82, 2.24) is 14.8 Å². The second kappa shape index (κ2) is 9.16. The SMILES string of the molecule is NC(=O)Cn1ccc2c(-c3cc(-c4ccc(OC(CF)CF)c(C(F)(F)F)c4)n[nH]3)cccc21. The van der Waals surface area contributed by atoms with Crippen molar-refractivity contribution in [2.45, 2.75) is 18.8 Å². The van der Waals surface area contributed by atoms with Crippen LogP contribution >= 0.6 is 0 Å². The van der Waals surface area contributed by atoms with E-state index in [9.17, 15) is 26.7 Å². The molecule has 0 unspecified atom stereocenters. The maximum absolute atomic E-state index is 13.6. The van der Waals surface area contributed by atoms with Crippen LogP contribution in [0.3, 0.4) is 0 Å². The van der Waals surface area contributed by atoms with E-state index in [0.29, 0.717) is 5.69 Å². The quantitative estimate of drug-likeness (QED) is 0.354. The fourth-order valence-corrected chi connectivity index (χ4v) is 3.67. The largest absolute Gasteiger partial charge is 0.484 e. The van der Waals surface area contributed by atoms with Gasteiger partial charge in [-0.1, -0.05) is 12.1 Å². The van der Waals surface area contributed by atoms with E-state index in [-0.39, 0.29) is 17.8 Å². The highest BCUT2D eigenvalue weighted by Gasteiger charge is 2.35. The molecule has 0 atom stereocenters. The molecule has 4 aromatic rings. The highest BCUT2D eigenvalue weighted by Crippen LogP contribution is 2.39. The van der Waals surface area contributed by atoms with Gasteiger partial charge in [0.15, 0.2) is 6.10 Å². The minimum Gasteiger partial charge on any atom is -0.484 e. The molecule has 0 bridgehead atoms. The number of ether oxygens (including phenoxy) is 1. The average molecular weight is 478 g/mol. The third kappa shape index (κ3) is 4.59. The zero-order valence-electron chi connectivity index (χ0n) is 17.6. The van der Waals surface area contributed by atoms with E-state index in [0.717, 1.165) is 28.6 Å². The summed E-state index contributed by atoms with van der Waals surface area (Å²) >= 11 is 0. The molecule has 2 heterocycles. The fourth-order valence-electron chi connectivity index (χ4n) is 3.67. The number of carbonyl (C=O) groups excluding carboxylic acids is 1. The van der Waals surface area contributed by atoms with E-state index >= 15 is 0 Å². The molecule has 0 aliphatic carbocycles. The van der Waals surface area contributed by atoms with Crippen molar-refractivity contribution in [3.63, 3.8) is 0 Å². The molecule has 2 aromatic carbocycles. The number of rotatable bonds is 8. The normalized spacial score (nSPS) is 11.9. The average Bonchev–Trinajstić information content (AvgIpc) is 3.44. The number of amides is 1. The van der Waals surface area contributed by atoms with Gasteiger partial charge in [0.1, 0.15) is 25.6 Å². The van der Waals surface area contributed by atoms with Crippen molar-refractivity contribution in [3.05, 3.63) is 60.3 Å². The van der Waals surface area contributed by atoms with Gasteiger partial charge in [0.05, 0.1) is 17.0 Å². The standard InChI is InChI=1S/C23H19F5N4O2/c24-10-14(11-25)34-21-5-4-13(8-17(21)23(26,27)28)18-9-19(31-30-18)15-2-1-3-20-16(15)6-7-32(20)12-22(29)33/h1-9,14H,10-12H2,(H2,29,33)(H,30,31). The van der Waals surface area contributed by atoms with Gasteiger partial charge in [0.25, 0.3) is 0 Å². The molecule has 0 saturated carbocycles. The molecule has 0 aliphatic rings. The van der Waals surface area contributed by atoms with Crippen LogP contribution in [-0.4, -0.2) is 40.1 Å². The summed E-state index contributed by atoms with van der Waals surface area (Å²) in [6.45, 7) is -2.52. The van der Waals surface area contributed by atoms with Crippen molar-refractivity contribution in [3.8, 4) is 28.3 Å². The molecule has 1 amide bonds. The van der Waals surface area contributed by atoms with Crippen molar-refractivity contribution in [2.24, 2.45) is 5.73 Å². The number of carbonyl (C=O) groups is 1. The number of primary amides is 1. The molecule has 6 nitrogen and oxygen atoms in total. The number of benzene rings is 2. The van der Waals surface area contributed by atoms with Crippen molar-refractivity contribution in [1.29, 1.82) is 0 Å². The van der Waals surface area contributed by atoms with Crippen LogP contribution in [0.25, 0.3) is 33.4 Å². The first kappa shape index (κ1) is 23.3. The second-order valence-electron chi connectivity index (χ2n) is 7.57. The number of H-pyrrole nitrogens is 1. The molecule has 11 heteroatoms. The molecule has 0 radical (unpaired) electrons. The number of nitrogens with one attached hydrogen (secondary N) is 1. The zero-order chi connectivity index (χ0) is 24.5. The van der Waals surface area contributed by atoms with Crippen molar-refractivity contribution < 1.29 is 31.5 Å². The van der Waals surface area contributed by atoms with Crippen LogP contribution in [-0.2, 0) is 17.5 Å². The van der Waals surface area contributed by atoms with E-state index in [1.54, 1.807) is 35.0 Å². The number of alkyl halides is 5. The Balaban J connectivity index is 1.71. The van der Waals surface area contributed by atoms with Gasteiger partial charge < -0.3 is 15.0 Å². The third-order valence-electron chi connectivity index (χ3n) is 5.23. The Labute approximate surface area is 190 Å². The molecule has 0 aliphatic heterocycles. The fraction of sp³-hybridized carbons (Fsp3) is 0.217. The smallest absolute Gasteiger partial charge is 0.419 e. The maximum Gasteiger partial charge on any atom is 0.419 e. The number of nitrogens with two attached hydrogens (primary N) is 1. The summed E-state index contributed by atoms with van der Waals surface area (Å²) in [5, 5.41) is 7.75. The lowest BCUT2D eigenvalue weighted by molar-refractivity contribution is -0.139. The first-order valence-electron chi connectivity index (χ1n) is 10.1. The Kier molecular flexibility index (Phi) is 6.27. The van der Waals surface area contributed by atoms with Crippen LogP contribution in [0.15, 0.2) is 54.7 Å². The monoisotopic (exact) mass is 478 g/mol. The van der Waals surface area contributed by atoms with E-state index in [4.69, 9.17) is 10.5 Å². The number of nitrogens with zero attached hydrogens (tertiary/aromatic N) is 2. The van der Waals surface area contributed by atoms with Crippen LogP contribution in [0.5, 0.6) is 5.75 Å². The van der Waals surface area contributed by atoms with Gasteiger partial charge in [-0.05, 0) is 36.4 Å². The molecule has 0 fully saturated rings. The first-order chi connectivity index (χ1) is 16.2. The van der Waals surface area contributed by atoms with E-state index in [1.165, 1.54) is 6.07 Å². The molecular formula is C23H19F5N4O2. The lowest BCUT2D eigenvalue weighted by atomic mass is 10.0. The van der Waals surface area contributed by atoms with Gasteiger partial charge in [-0.3, -0.25) is 9.89 Å². The lowest BCUT2D eigenvalue weighted by Gasteiger charge is -2.18. The topological polar surface area (TPSA) is 85.9 Å². The number of halogens is 5. The molecule has 0 spiro atoms. The van der Waals surface area contributed by atoms with Crippen LogP contribution in [0, 0.1) is 0 Å². The van der Waals surface area contributed by atoms with Crippen LogP contribution in [0.4, 0.5) is 22.0 Å². The highest BCUT2D eigenvalue weighted by molar-refractivity contribution is 5.95. The number of aromatic amines is 1. The highest BCUT2D eigenvalue weighted by atomic mass is 19.4. The number of hydrogen-bond acceptors (Lipinski definition) is 3. The minimum atomic E-state index is -4.81. The summed E-state index contributed by atoms with van der Waals surface area (Å²) < 4.78 is 72.9. The Bertz CT molecular complexity index is 1320. The summed E-state index contributed by atoms with van der Waals surface area (Å²) in [5.74, 6) is -1.16. The molecule has 4 rings (SSSR count). The summed E-state index contributed by atoms with van der Waals surface area (Å²) in [6, 6.07) is 12.0. The minimum absolute atomic E-state index is 0.00148. The van der Waals surface area contributed by atoms with Gasteiger partial charge in [0.2, 0.25) is 5.91 Å². The molecule has 0 saturated heterocycles. The second-order valence-corrected chi connectivity index (χ2v) is 7.57. The van der Waals surface area contributed by atoms with Crippen LogP contribution < -0.4 is 10.5 Å².